The molecule has 2 amide bonds. The fourth-order valence-corrected chi connectivity index (χ4v) is 2.60. The van der Waals surface area contributed by atoms with Crippen LogP contribution in [0.2, 0.25) is 0 Å². The van der Waals surface area contributed by atoms with Crippen molar-refractivity contribution in [1.82, 2.24) is 4.90 Å². The van der Waals surface area contributed by atoms with E-state index in [0.717, 1.165) is 4.90 Å². The number of allylic oxidation sites excluding steroid dienone is 1. The molecule has 1 N–H and O–H groups in total. The van der Waals surface area contributed by atoms with Gasteiger partial charge in [0.05, 0.1) is 0 Å². The molecule has 1 atom stereocenters. The number of carbonyl (C=O) groups is 3. The summed E-state index contributed by atoms with van der Waals surface area (Å²) in [5, 5.41) is 9.61. The Bertz CT molecular complexity index is 642. The number of aliphatic hydroxyl groups excluding tert-OH is 1. The molecule has 1 heterocycles. The van der Waals surface area contributed by atoms with E-state index in [1.54, 1.807) is 30.3 Å². The van der Waals surface area contributed by atoms with Crippen LogP contribution >= 0.6 is 0 Å². The standard InChI is InChI=1S/C17H19NO4/c1-10(2)9-13-15(20)14(11(3)19)17(22)18(13)16(21)12-7-5-4-6-8-12/h4-8,10,13,19H,9H2,1-3H3/b14-11-. The van der Waals surface area contributed by atoms with E-state index in [-0.39, 0.29) is 17.3 Å². The van der Waals surface area contributed by atoms with Gasteiger partial charge in [0.25, 0.3) is 11.8 Å². The van der Waals surface area contributed by atoms with E-state index in [9.17, 15) is 19.5 Å². The molecule has 1 aromatic carbocycles. The molecule has 1 unspecified atom stereocenters. The van der Waals surface area contributed by atoms with E-state index in [1.165, 1.54) is 6.92 Å². The fourth-order valence-electron chi connectivity index (χ4n) is 2.60. The Morgan fingerprint density at radius 1 is 1.23 bits per heavy atom. The maximum Gasteiger partial charge on any atom is 0.268 e. The largest absolute Gasteiger partial charge is 0.512 e. The third-order valence-electron chi connectivity index (χ3n) is 3.59. The molecule has 1 aliphatic heterocycles. The average Bonchev–Trinajstić information content (AvgIpc) is 2.69. The van der Waals surface area contributed by atoms with E-state index < -0.39 is 23.6 Å². The third kappa shape index (κ3) is 2.79. The van der Waals surface area contributed by atoms with Gasteiger partial charge in [0.1, 0.15) is 17.4 Å². The van der Waals surface area contributed by atoms with Crippen LogP contribution in [-0.4, -0.2) is 33.6 Å². The number of hydrogen-bond acceptors (Lipinski definition) is 4. The highest BCUT2D eigenvalue weighted by molar-refractivity contribution is 6.31. The summed E-state index contributed by atoms with van der Waals surface area (Å²) >= 11 is 0. The molecule has 0 aromatic heterocycles. The minimum absolute atomic E-state index is 0.131. The van der Waals surface area contributed by atoms with Crippen LogP contribution in [0.5, 0.6) is 0 Å². The first-order valence-electron chi connectivity index (χ1n) is 7.21. The molecule has 5 nitrogen and oxygen atoms in total. The second-order valence-corrected chi connectivity index (χ2v) is 5.82. The van der Waals surface area contributed by atoms with Crippen molar-refractivity contribution >= 4 is 17.6 Å². The van der Waals surface area contributed by atoms with Gasteiger partial charge >= 0.3 is 0 Å². The maximum absolute atomic E-state index is 12.6. The Kier molecular flexibility index (Phi) is 4.45. The first kappa shape index (κ1) is 15.9. The molecule has 1 fully saturated rings. The number of rotatable bonds is 3. The van der Waals surface area contributed by atoms with Crippen LogP contribution in [0.4, 0.5) is 0 Å². The van der Waals surface area contributed by atoms with Gasteiger partial charge in [0, 0.05) is 5.56 Å². The zero-order valence-corrected chi connectivity index (χ0v) is 12.9. The van der Waals surface area contributed by atoms with Crippen molar-refractivity contribution in [2.24, 2.45) is 5.92 Å². The van der Waals surface area contributed by atoms with Gasteiger partial charge in [-0.1, -0.05) is 32.0 Å². The van der Waals surface area contributed by atoms with E-state index in [1.807, 2.05) is 13.8 Å². The summed E-state index contributed by atoms with van der Waals surface area (Å²) in [5.74, 6) is -1.92. The molecule has 116 valence electrons. The molecule has 0 bridgehead atoms. The zero-order valence-electron chi connectivity index (χ0n) is 12.9. The molecule has 0 spiro atoms. The molecule has 1 saturated heterocycles. The monoisotopic (exact) mass is 301 g/mol. The minimum atomic E-state index is -0.850. The SMILES string of the molecule is C/C(O)=C1\C(=O)C(CC(C)C)N(C(=O)c2ccccc2)C1=O. The summed E-state index contributed by atoms with van der Waals surface area (Å²) < 4.78 is 0. The summed E-state index contributed by atoms with van der Waals surface area (Å²) in [6, 6.07) is 7.50. The van der Waals surface area contributed by atoms with Crippen molar-refractivity contribution in [1.29, 1.82) is 0 Å². The molecule has 2 rings (SSSR count). The van der Waals surface area contributed by atoms with Crippen LogP contribution in [0.3, 0.4) is 0 Å². The third-order valence-corrected chi connectivity index (χ3v) is 3.59. The number of benzene rings is 1. The Labute approximate surface area is 129 Å². The zero-order chi connectivity index (χ0) is 16.4. The fraction of sp³-hybridized carbons (Fsp3) is 0.353. The predicted octanol–water partition coefficient (Wildman–Crippen LogP) is 2.48. The molecule has 0 aliphatic carbocycles. The second-order valence-electron chi connectivity index (χ2n) is 5.82. The molecule has 1 aromatic rings. The van der Waals surface area contributed by atoms with Gasteiger partial charge in [-0.15, -0.1) is 0 Å². The first-order valence-corrected chi connectivity index (χ1v) is 7.21. The summed E-state index contributed by atoms with van der Waals surface area (Å²) in [4.78, 5) is 38.4. The normalized spacial score (nSPS) is 20.7. The van der Waals surface area contributed by atoms with E-state index in [0.29, 0.717) is 12.0 Å². The van der Waals surface area contributed by atoms with Crippen LogP contribution in [0.15, 0.2) is 41.7 Å². The van der Waals surface area contributed by atoms with Crippen molar-refractivity contribution in [2.45, 2.75) is 33.2 Å². The highest BCUT2D eigenvalue weighted by Crippen LogP contribution is 2.28. The Morgan fingerprint density at radius 2 is 1.82 bits per heavy atom. The molecule has 0 saturated carbocycles. The van der Waals surface area contributed by atoms with E-state index >= 15 is 0 Å². The van der Waals surface area contributed by atoms with Gasteiger partial charge in [0.15, 0.2) is 5.78 Å². The van der Waals surface area contributed by atoms with Crippen molar-refractivity contribution in [3.8, 4) is 0 Å². The van der Waals surface area contributed by atoms with E-state index in [4.69, 9.17) is 0 Å². The maximum atomic E-state index is 12.6. The smallest absolute Gasteiger partial charge is 0.268 e. The summed E-state index contributed by atoms with van der Waals surface area (Å²) in [7, 11) is 0. The number of nitrogens with zero attached hydrogens (tertiary/aromatic N) is 1. The number of imide groups is 1. The number of aliphatic hydroxyl groups is 1. The van der Waals surface area contributed by atoms with Crippen LogP contribution in [0, 0.1) is 5.92 Å². The lowest BCUT2D eigenvalue weighted by Gasteiger charge is -2.22. The van der Waals surface area contributed by atoms with Gasteiger partial charge in [-0.2, -0.15) is 0 Å². The quantitative estimate of drug-likeness (QED) is 0.403. The van der Waals surface area contributed by atoms with E-state index in [2.05, 4.69) is 0 Å². The van der Waals surface area contributed by atoms with Crippen LogP contribution in [0.25, 0.3) is 0 Å². The number of ketones is 1. The summed E-state index contributed by atoms with van der Waals surface area (Å²) in [6.07, 6.45) is 0.375. The lowest BCUT2D eigenvalue weighted by atomic mass is 9.99. The number of hydrogen-bond donors (Lipinski definition) is 1. The Balaban J connectivity index is 2.46. The van der Waals surface area contributed by atoms with Crippen LogP contribution < -0.4 is 0 Å². The summed E-state index contributed by atoms with van der Waals surface area (Å²) in [5.41, 5.74) is 0.0594. The number of carbonyl (C=O) groups excluding carboxylic acids is 3. The second kappa shape index (κ2) is 6.13. The van der Waals surface area contributed by atoms with Gasteiger partial charge in [-0.25, -0.2) is 0 Å². The number of Topliss-reactive ketones (excluding diaryl/α,β-unsaturated/α-hetero) is 1. The molecule has 5 heteroatoms. The van der Waals surface area contributed by atoms with Crippen LogP contribution in [0.1, 0.15) is 37.6 Å². The molecule has 1 aliphatic rings. The molecular formula is C17H19NO4. The lowest BCUT2D eigenvalue weighted by Crippen LogP contribution is -2.41. The lowest BCUT2D eigenvalue weighted by molar-refractivity contribution is -0.124. The molecular weight excluding hydrogens is 282 g/mol. The Hall–Kier alpha value is -2.43. The summed E-state index contributed by atoms with van der Waals surface area (Å²) in [6.45, 7) is 5.11. The predicted molar refractivity (Wildman–Crippen MR) is 81.2 cm³/mol. The Morgan fingerprint density at radius 3 is 2.32 bits per heavy atom. The van der Waals surface area contributed by atoms with Crippen molar-refractivity contribution < 1.29 is 19.5 Å². The first-order chi connectivity index (χ1) is 10.3. The number of amides is 2. The van der Waals surface area contributed by atoms with Gasteiger partial charge < -0.3 is 5.11 Å². The van der Waals surface area contributed by atoms with Gasteiger partial charge in [-0.05, 0) is 31.4 Å². The average molecular weight is 301 g/mol. The van der Waals surface area contributed by atoms with Crippen LogP contribution in [-0.2, 0) is 9.59 Å². The van der Waals surface area contributed by atoms with Crippen molar-refractivity contribution in [3.63, 3.8) is 0 Å². The minimum Gasteiger partial charge on any atom is -0.512 e. The topological polar surface area (TPSA) is 74.7 Å². The highest BCUT2D eigenvalue weighted by atomic mass is 16.3. The highest BCUT2D eigenvalue weighted by Gasteiger charge is 2.47. The van der Waals surface area contributed by atoms with Gasteiger partial charge in [0.2, 0.25) is 0 Å². The number of likely N-dealkylation sites (tertiary alicyclic amines) is 1. The van der Waals surface area contributed by atoms with Gasteiger partial charge in [-0.3, -0.25) is 19.3 Å². The molecule has 0 radical (unpaired) electrons. The van der Waals surface area contributed by atoms with Crippen molar-refractivity contribution in [3.05, 3.63) is 47.2 Å². The van der Waals surface area contributed by atoms with Crippen molar-refractivity contribution in [2.75, 3.05) is 0 Å². The molecule has 22 heavy (non-hydrogen) atoms.